The number of ether oxygens (including phenoxy) is 2. The van der Waals surface area contributed by atoms with Crippen LogP contribution in [-0.4, -0.2) is 68.8 Å². The topological polar surface area (TPSA) is 71.1 Å². The zero-order valence-electron chi connectivity index (χ0n) is 16.1. The predicted molar refractivity (Wildman–Crippen MR) is 103 cm³/mol. The molecule has 0 spiro atoms. The Morgan fingerprint density at radius 1 is 1.30 bits per heavy atom. The third-order valence-electron chi connectivity index (χ3n) is 4.85. The van der Waals surface area contributed by atoms with Crippen LogP contribution in [0.5, 0.6) is 5.75 Å². The van der Waals surface area contributed by atoms with Gasteiger partial charge in [0.05, 0.1) is 30.9 Å². The molecule has 2 fully saturated rings. The molecule has 2 amide bonds. The molecule has 1 aromatic rings. The molecular formula is C20H29N3O4. The van der Waals surface area contributed by atoms with Crippen LogP contribution in [-0.2, 0) is 14.3 Å². The Labute approximate surface area is 160 Å². The van der Waals surface area contributed by atoms with Crippen molar-refractivity contribution in [2.45, 2.75) is 26.4 Å². The van der Waals surface area contributed by atoms with Gasteiger partial charge in [0.1, 0.15) is 5.75 Å². The molecule has 1 atom stereocenters. The van der Waals surface area contributed by atoms with Crippen molar-refractivity contribution in [1.29, 1.82) is 0 Å². The Bertz CT molecular complexity index is 658. The summed E-state index contributed by atoms with van der Waals surface area (Å²) < 4.78 is 11.1. The van der Waals surface area contributed by atoms with Gasteiger partial charge in [-0.25, -0.2) is 0 Å². The first-order valence-electron chi connectivity index (χ1n) is 9.68. The van der Waals surface area contributed by atoms with E-state index in [1.165, 1.54) is 0 Å². The molecule has 27 heavy (non-hydrogen) atoms. The molecule has 0 saturated carbocycles. The molecule has 0 aromatic heterocycles. The van der Waals surface area contributed by atoms with Crippen molar-refractivity contribution in [1.82, 2.24) is 10.2 Å². The van der Waals surface area contributed by atoms with Crippen LogP contribution in [0.25, 0.3) is 0 Å². The number of hydrogen-bond acceptors (Lipinski definition) is 5. The Morgan fingerprint density at radius 2 is 2.04 bits per heavy atom. The molecule has 2 heterocycles. The van der Waals surface area contributed by atoms with Gasteiger partial charge in [-0.15, -0.1) is 0 Å². The third kappa shape index (κ3) is 5.20. The van der Waals surface area contributed by atoms with Crippen LogP contribution in [0.15, 0.2) is 24.3 Å². The Kier molecular flexibility index (Phi) is 6.68. The first kappa shape index (κ1) is 19.6. The van der Waals surface area contributed by atoms with E-state index in [2.05, 4.69) is 10.2 Å². The number of nitrogens with one attached hydrogen (secondary N) is 1. The molecule has 0 radical (unpaired) electrons. The first-order chi connectivity index (χ1) is 13.0. The van der Waals surface area contributed by atoms with Crippen molar-refractivity contribution >= 4 is 17.5 Å². The summed E-state index contributed by atoms with van der Waals surface area (Å²) in [6, 6.07) is 7.50. The molecule has 2 aliphatic rings. The van der Waals surface area contributed by atoms with Gasteiger partial charge in [-0.05, 0) is 26.0 Å². The number of carbonyl (C=O) groups is 2. The fraction of sp³-hybridized carbons (Fsp3) is 0.600. The molecule has 0 aliphatic carbocycles. The second-order valence-electron chi connectivity index (χ2n) is 7.28. The minimum Gasteiger partial charge on any atom is -0.489 e. The summed E-state index contributed by atoms with van der Waals surface area (Å²) in [5.74, 6) is 0.257. The number of rotatable bonds is 7. The molecule has 1 aromatic carbocycles. The SMILES string of the molecule is CC(C)Oc1ccccc1N1CC(C(=O)NCCN2CCOCC2)CC1=O. The number of nitrogens with zero attached hydrogens (tertiary/aromatic N) is 2. The number of benzene rings is 1. The highest BCUT2D eigenvalue weighted by molar-refractivity contribution is 6.01. The number of morpholine rings is 1. The van der Waals surface area contributed by atoms with E-state index in [9.17, 15) is 9.59 Å². The number of hydrogen-bond donors (Lipinski definition) is 1. The van der Waals surface area contributed by atoms with E-state index in [1.54, 1.807) is 4.90 Å². The van der Waals surface area contributed by atoms with Gasteiger partial charge < -0.3 is 19.7 Å². The quantitative estimate of drug-likeness (QED) is 0.777. The molecule has 7 heteroatoms. The van der Waals surface area contributed by atoms with Crippen molar-refractivity contribution < 1.29 is 19.1 Å². The summed E-state index contributed by atoms with van der Waals surface area (Å²) in [4.78, 5) is 29.0. The molecule has 1 unspecified atom stereocenters. The number of para-hydroxylation sites is 2. The number of carbonyl (C=O) groups excluding carboxylic acids is 2. The summed E-state index contributed by atoms with van der Waals surface area (Å²) in [5.41, 5.74) is 0.736. The Balaban J connectivity index is 1.54. The highest BCUT2D eigenvalue weighted by Gasteiger charge is 2.36. The third-order valence-corrected chi connectivity index (χ3v) is 4.85. The van der Waals surface area contributed by atoms with Gasteiger partial charge in [-0.2, -0.15) is 0 Å². The van der Waals surface area contributed by atoms with Crippen molar-refractivity contribution in [3.63, 3.8) is 0 Å². The molecule has 2 aliphatic heterocycles. The van der Waals surface area contributed by atoms with Crippen LogP contribution in [0.1, 0.15) is 20.3 Å². The van der Waals surface area contributed by atoms with Crippen LogP contribution in [0.3, 0.4) is 0 Å². The minimum absolute atomic E-state index is 0.0168. The fourth-order valence-corrected chi connectivity index (χ4v) is 3.46. The fourth-order valence-electron chi connectivity index (χ4n) is 3.46. The van der Waals surface area contributed by atoms with Crippen molar-refractivity contribution in [3.05, 3.63) is 24.3 Å². The van der Waals surface area contributed by atoms with Gasteiger partial charge >= 0.3 is 0 Å². The van der Waals surface area contributed by atoms with E-state index in [-0.39, 0.29) is 30.3 Å². The van der Waals surface area contributed by atoms with E-state index in [0.717, 1.165) is 38.5 Å². The number of amides is 2. The van der Waals surface area contributed by atoms with Crippen molar-refractivity contribution in [2.75, 3.05) is 50.8 Å². The number of anilines is 1. The average Bonchev–Trinajstić information content (AvgIpc) is 3.04. The maximum Gasteiger partial charge on any atom is 0.227 e. The van der Waals surface area contributed by atoms with Gasteiger partial charge in [0.25, 0.3) is 0 Å². The molecule has 7 nitrogen and oxygen atoms in total. The maximum absolute atomic E-state index is 12.5. The first-order valence-corrected chi connectivity index (χ1v) is 9.68. The smallest absolute Gasteiger partial charge is 0.227 e. The van der Waals surface area contributed by atoms with Gasteiger partial charge in [0.15, 0.2) is 0 Å². The van der Waals surface area contributed by atoms with Crippen LogP contribution in [0.4, 0.5) is 5.69 Å². The lowest BCUT2D eigenvalue weighted by Gasteiger charge is -2.26. The largest absolute Gasteiger partial charge is 0.489 e. The summed E-state index contributed by atoms with van der Waals surface area (Å²) in [5, 5.41) is 2.98. The molecule has 0 bridgehead atoms. The van der Waals surface area contributed by atoms with Crippen LogP contribution in [0.2, 0.25) is 0 Å². The van der Waals surface area contributed by atoms with E-state index in [0.29, 0.717) is 18.8 Å². The second kappa shape index (κ2) is 9.19. The molecule has 3 rings (SSSR count). The highest BCUT2D eigenvalue weighted by Crippen LogP contribution is 2.33. The molecule has 2 saturated heterocycles. The van der Waals surface area contributed by atoms with Gasteiger partial charge in [-0.3, -0.25) is 14.5 Å². The summed E-state index contributed by atoms with van der Waals surface area (Å²) in [6.45, 7) is 8.99. The molecule has 1 N–H and O–H groups in total. The van der Waals surface area contributed by atoms with Crippen LogP contribution >= 0.6 is 0 Å². The lowest BCUT2D eigenvalue weighted by atomic mass is 10.1. The van der Waals surface area contributed by atoms with Crippen LogP contribution < -0.4 is 15.0 Å². The lowest BCUT2D eigenvalue weighted by Crippen LogP contribution is -2.42. The minimum atomic E-state index is -0.325. The molecule has 148 valence electrons. The van der Waals surface area contributed by atoms with Gasteiger partial charge in [0, 0.05) is 39.1 Å². The summed E-state index contributed by atoms with van der Waals surface area (Å²) >= 11 is 0. The Hall–Kier alpha value is -2.12. The van der Waals surface area contributed by atoms with E-state index < -0.39 is 0 Å². The zero-order chi connectivity index (χ0) is 19.2. The standard InChI is InChI=1S/C20H29N3O4/c1-15(2)27-18-6-4-3-5-17(18)23-14-16(13-19(23)24)20(25)21-7-8-22-9-11-26-12-10-22/h3-6,15-16H,7-14H2,1-2H3,(H,21,25). The highest BCUT2D eigenvalue weighted by atomic mass is 16.5. The normalized spacial score (nSPS) is 20.9. The lowest BCUT2D eigenvalue weighted by molar-refractivity contribution is -0.126. The predicted octanol–water partition coefficient (Wildman–Crippen LogP) is 1.28. The zero-order valence-corrected chi connectivity index (χ0v) is 16.1. The van der Waals surface area contributed by atoms with Crippen molar-refractivity contribution in [3.8, 4) is 5.75 Å². The van der Waals surface area contributed by atoms with Crippen LogP contribution in [0, 0.1) is 5.92 Å². The van der Waals surface area contributed by atoms with E-state index >= 15 is 0 Å². The monoisotopic (exact) mass is 375 g/mol. The Morgan fingerprint density at radius 3 is 2.78 bits per heavy atom. The van der Waals surface area contributed by atoms with Gasteiger partial charge in [0.2, 0.25) is 11.8 Å². The average molecular weight is 375 g/mol. The molecular weight excluding hydrogens is 346 g/mol. The second-order valence-corrected chi connectivity index (χ2v) is 7.28. The maximum atomic E-state index is 12.5. The van der Waals surface area contributed by atoms with E-state index in [1.807, 2.05) is 38.1 Å². The van der Waals surface area contributed by atoms with Gasteiger partial charge in [-0.1, -0.05) is 12.1 Å². The van der Waals surface area contributed by atoms with E-state index in [4.69, 9.17) is 9.47 Å². The summed E-state index contributed by atoms with van der Waals surface area (Å²) in [7, 11) is 0. The summed E-state index contributed by atoms with van der Waals surface area (Å²) in [6.07, 6.45) is 0.252. The van der Waals surface area contributed by atoms with Crippen molar-refractivity contribution in [2.24, 2.45) is 5.92 Å².